The Morgan fingerprint density at radius 1 is 1.53 bits per heavy atom. The average molecular weight is 236 g/mol. The molecule has 1 aromatic carbocycles. The SMILES string of the molecule is COc1ccc(NCC2CCC2)cc1[N+](=O)[O-]. The second kappa shape index (κ2) is 5.03. The molecule has 0 aliphatic heterocycles. The maximum Gasteiger partial charge on any atom is 0.312 e. The molecular weight excluding hydrogens is 220 g/mol. The second-order valence-corrected chi connectivity index (χ2v) is 4.32. The van der Waals surface area contributed by atoms with Gasteiger partial charge in [0.15, 0.2) is 5.75 Å². The highest BCUT2D eigenvalue weighted by molar-refractivity contribution is 5.58. The molecule has 0 amide bonds. The molecule has 0 saturated heterocycles. The second-order valence-electron chi connectivity index (χ2n) is 4.32. The number of methoxy groups -OCH3 is 1. The number of ether oxygens (including phenoxy) is 1. The van der Waals surface area contributed by atoms with E-state index in [1.54, 1.807) is 6.07 Å². The van der Waals surface area contributed by atoms with Gasteiger partial charge in [0.25, 0.3) is 0 Å². The number of anilines is 1. The van der Waals surface area contributed by atoms with Gasteiger partial charge >= 0.3 is 5.69 Å². The van der Waals surface area contributed by atoms with Crippen molar-refractivity contribution >= 4 is 11.4 Å². The summed E-state index contributed by atoms with van der Waals surface area (Å²) < 4.78 is 4.95. The van der Waals surface area contributed by atoms with Crippen molar-refractivity contribution in [2.45, 2.75) is 19.3 Å². The lowest BCUT2D eigenvalue weighted by Gasteiger charge is -2.25. The molecule has 0 unspecified atom stereocenters. The van der Waals surface area contributed by atoms with Gasteiger partial charge in [-0.05, 0) is 30.9 Å². The highest BCUT2D eigenvalue weighted by Gasteiger charge is 2.18. The van der Waals surface area contributed by atoms with Gasteiger partial charge in [-0.25, -0.2) is 0 Å². The van der Waals surface area contributed by atoms with Crippen molar-refractivity contribution in [3.8, 4) is 5.75 Å². The van der Waals surface area contributed by atoms with Crippen molar-refractivity contribution in [2.75, 3.05) is 19.0 Å². The minimum Gasteiger partial charge on any atom is -0.490 e. The van der Waals surface area contributed by atoms with Gasteiger partial charge in [-0.3, -0.25) is 10.1 Å². The number of hydrogen-bond donors (Lipinski definition) is 1. The molecule has 0 spiro atoms. The van der Waals surface area contributed by atoms with Crippen LogP contribution in [-0.4, -0.2) is 18.6 Å². The van der Waals surface area contributed by atoms with Crippen LogP contribution < -0.4 is 10.1 Å². The first-order valence-corrected chi connectivity index (χ1v) is 5.77. The van der Waals surface area contributed by atoms with Crippen LogP contribution in [0.15, 0.2) is 18.2 Å². The molecule has 5 nitrogen and oxygen atoms in total. The van der Waals surface area contributed by atoms with Crippen LogP contribution in [0.2, 0.25) is 0 Å². The molecule has 92 valence electrons. The summed E-state index contributed by atoms with van der Waals surface area (Å²) in [4.78, 5) is 10.4. The number of hydrogen-bond acceptors (Lipinski definition) is 4. The lowest BCUT2D eigenvalue weighted by atomic mass is 9.85. The fraction of sp³-hybridized carbons (Fsp3) is 0.500. The highest BCUT2D eigenvalue weighted by atomic mass is 16.6. The quantitative estimate of drug-likeness (QED) is 0.630. The summed E-state index contributed by atoms with van der Waals surface area (Å²) in [5, 5.41) is 14.1. The van der Waals surface area contributed by atoms with Gasteiger partial charge in [0, 0.05) is 18.3 Å². The van der Waals surface area contributed by atoms with E-state index in [0.717, 1.165) is 18.2 Å². The fourth-order valence-electron chi connectivity index (χ4n) is 1.90. The van der Waals surface area contributed by atoms with Crippen LogP contribution in [0.1, 0.15) is 19.3 Å². The zero-order valence-corrected chi connectivity index (χ0v) is 9.81. The lowest BCUT2D eigenvalue weighted by Crippen LogP contribution is -2.20. The first-order chi connectivity index (χ1) is 8.20. The largest absolute Gasteiger partial charge is 0.490 e. The molecular formula is C12H16N2O3. The highest BCUT2D eigenvalue weighted by Crippen LogP contribution is 2.31. The first kappa shape index (κ1) is 11.7. The Balaban J connectivity index is 2.06. The fourth-order valence-corrected chi connectivity index (χ4v) is 1.90. The van der Waals surface area contributed by atoms with Gasteiger partial charge in [0.2, 0.25) is 0 Å². The summed E-state index contributed by atoms with van der Waals surface area (Å²) in [6, 6.07) is 4.96. The maximum absolute atomic E-state index is 10.8. The Labute approximate surface area is 99.9 Å². The summed E-state index contributed by atoms with van der Waals surface area (Å²) in [6.45, 7) is 0.892. The van der Waals surface area contributed by atoms with Crippen LogP contribution >= 0.6 is 0 Å². The Morgan fingerprint density at radius 3 is 2.82 bits per heavy atom. The van der Waals surface area contributed by atoms with Crippen LogP contribution in [0, 0.1) is 16.0 Å². The topological polar surface area (TPSA) is 64.4 Å². The van der Waals surface area contributed by atoms with Crippen LogP contribution in [0.25, 0.3) is 0 Å². The molecule has 2 rings (SSSR count). The number of nitro groups is 1. The molecule has 1 N–H and O–H groups in total. The van der Waals surface area contributed by atoms with Crippen molar-refractivity contribution in [2.24, 2.45) is 5.92 Å². The predicted molar refractivity (Wildman–Crippen MR) is 65.5 cm³/mol. The van der Waals surface area contributed by atoms with Crippen molar-refractivity contribution in [1.29, 1.82) is 0 Å². The van der Waals surface area contributed by atoms with Crippen LogP contribution in [0.5, 0.6) is 5.75 Å². The summed E-state index contributed by atoms with van der Waals surface area (Å²) in [6.07, 6.45) is 3.81. The van der Waals surface area contributed by atoms with E-state index in [1.165, 1.54) is 32.4 Å². The molecule has 1 aliphatic carbocycles. The Kier molecular flexibility index (Phi) is 3.46. The van der Waals surface area contributed by atoms with Gasteiger partial charge in [0.1, 0.15) is 0 Å². The molecule has 1 aliphatic rings. The molecule has 0 bridgehead atoms. The van der Waals surface area contributed by atoms with Crippen LogP contribution in [0.3, 0.4) is 0 Å². The third-order valence-corrected chi connectivity index (χ3v) is 3.20. The van der Waals surface area contributed by atoms with E-state index < -0.39 is 4.92 Å². The number of nitro benzene ring substituents is 1. The van der Waals surface area contributed by atoms with E-state index in [2.05, 4.69) is 5.32 Å². The third kappa shape index (κ3) is 2.67. The van der Waals surface area contributed by atoms with Crippen molar-refractivity contribution in [1.82, 2.24) is 0 Å². The van der Waals surface area contributed by atoms with Crippen LogP contribution in [0.4, 0.5) is 11.4 Å². The molecule has 0 heterocycles. The Morgan fingerprint density at radius 2 is 2.29 bits per heavy atom. The molecule has 1 aromatic rings. The van der Waals surface area contributed by atoms with E-state index in [9.17, 15) is 10.1 Å². The maximum atomic E-state index is 10.8. The Bertz CT molecular complexity index is 416. The molecule has 1 fully saturated rings. The normalized spacial score (nSPS) is 15.1. The van der Waals surface area contributed by atoms with Gasteiger partial charge in [-0.1, -0.05) is 6.42 Å². The summed E-state index contributed by atoms with van der Waals surface area (Å²) >= 11 is 0. The molecule has 0 radical (unpaired) electrons. The monoisotopic (exact) mass is 236 g/mol. The lowest BCUT2D eigenvalue weighted by molar-refractivity contribution is -0.385. The third-order valence-electron chi connectivity index (χ3n) is 3.20. The molecule has 0 atom stereocenters. The summed E-state index contributed by atoms with van der Waals surface area (Å²) in [7, 11) is 1.43. The zero-order chi connectivity index (χ0) is 12.3. The Hall–Kier alpha value is -1.78. The number of nitrogens with zero attached hydrogens (tertiary/aromatic N) is 1. The smallest absolute Gasteiger partial charge is 0.312 e. The van der Waals surface area contributed by atoms with E-state index in [0.29, 0.717) is 5.75 Å². The van der Waals surface area contributed by atoms with Crippen molar-refractivity contribution < 1.29 is 9.66 Å². The van der Waals surface area contributed by atoms with E-state index >= 15 is 0 Å². The zero-order valence-electron chi connectivity index (χ0n) is 9.81. The van der Waals surface area contributed by atoms with Gasteiger partial charge in [-0.2, -0.15) is 0 Å². The number of benzene rings is 1. The minimum absolute atomic E-state index is 0.00566. The minimum atomic E-state index is -0.423. The molecule has 1 saturated carbocycles. The molecule has 5 heteroatoms. The average Bonchev–Trinajstić information content (AvgIpc) is 2.26. The summed E-state index contributed by atoms with van der Waals surface area (Å²) in [5.41, 5.74) is 0.788. The predicted octanol–water partition coefficient (Wildman–Crippen LogP) is 2.82. The first-order valence-electron chi connectivity index (χ1n) is 5.77. The van der Waals surface area contributed by atoms with Crippen molar-refractivity contribution in [3.05, 3.63) is 28.3 Å². The van der Waals surface area contributed by atoms with E-state index in [4.69, 9.17) is 4.74 Å². The van der Waals surface area contributed by atoms with Gasteiger partial charge < -0.3 is 10.1 Å². The van der Waals surface area contributed by atoms with Gasteiger partial charge in [0.05, 0.1) is 12.0 Å². The number of nitrogens with one attached hydrogen (secondary N) is 1. The van der Waals surface area contributed by atoms with E-state index in [-0.39, 0.29) is 5.69 Å². The molecule has 0 aromatic heterocycles. The van der Waals surface area contributed by atoms with Crippen molar-refractivity contribution in [3.63, 3.8) is 0 Å². The van der Waals surface area contributed by atoms with Gasteiger partial charge in [-0.15, -0.1) is 0 Å². The molecule has 17 heavy (non-hydrogen) atoms. The van der Waals surface area contributed by atoms with Crippen LogP contribution in [-0.2, 0) is 0 Å². The van der Waals surface area contributed by atoms with E-state index in [1.807, 2.05) is 6.07 Å². The standard InChI is InChI=1S/C12H16N2O3/c1-17-12-6-5-10(7-11(12)14(15)16)13-8-9-3-2-4-9/h5-7,9,13H,2-4,8H2,1H3. The summed E-state index contributed by atoms with van der Waals surface area (Å²) in [5.74, 6) is 1.01. The number of rotatable bonds is 5.